The molecule has 3 spiro atoms. The summed E-state index contributed by atoms with van der Waals surface area (Å²) in [5.41, 5.74) is 7.29. The van der Waals surface area contributed by atoms with Gasteiger partial charge in [0.1, 0.15) is 40.7 Å². The van der Waals surface area contributed by atoms with Crippen molar-refractivity contribution in [2.24, 2.45) is 34.0 Å². The molecule has 496 valence electrons. The summed E-state index contributed by atoms with van der Waals surface area (Å²) in [6, 6.07) is 20.7. The quantitative estimate of drug-likeness (QED) is 0.0424. The lowest BCUT2D eigenvalue weighted by molar-refractivity contribution is -0.148. The van der Waals surface area contributed by atoms with E-state index in [9.17, 15) is 35.1 Å². The number of fused-ring (bicyclic) bond motifs is 3. The number of methoxy groups -OCH3 is 1. The molecule has 0 saturated heterocycles. The Bertz CT molecular complexity index is 4150. The van der Waals surface area contributed by atoms with Crippen LogP contribution in [0.2, 0.25) is 0 Å². The van der Waals surface area contributed by atoms with Crippen molar-refractivity contribution in [1.82, 2.24) is 14.9 Å². The Hall–Kier alpha value is -8.45. The summed E-state index contributed by atoms with van der Waals surface area (Å²) in [4.78, 5) is 49.6. The Morgan fingerprint density at radius 3 is 2.52 bits per heavy atom. The number of carbonyl (C=O) groups excluding carboxylic acids is 3. The average molecular weight is 1280 g/mol. The molecule has 2 aliphatic heterocycles. The number of aliphatic hydroxyl groups excluding tert-OH is 2. The van der Waals surface area contributed by atoms with E-state index >= 15 is 4.79 Å². The van der Waals surface area contributed by atoms with Crippen LogP contribution in [0.1, 0.15) is 187 Å². The summed E-state index contributed by atoms with van der Waals surface area (Å²) in [7, 11) is 1.50. The van der Waals surface area contributed by atoms with E-state index in [-0.39, 0.29) is 101 Å². The van der Waals surface area contributed by atoms with Crippen LogP contribution in [-0.4, -0.2) is 85.5 Å². The molecule has 7 N–H and O–H groups in total. The molecule has 10 unspecified atom stereocenters. The Morgan fingerprint density at radius 1 is 0.884 bits per heavy atom. The lowest BCUT2D eigenvalue weighted by Crippen LogP contribution is -2.37. The summed E-state index contributed by atoms with van der Waals surface area (Å²) < 4.78 is 20.9. The summed E-state index contributed by atoms with van der Waals surface area (Å²) in [6.45, 7) is 4.60. The van der Waals surface area contributed by atoms with Crippen molar-refractivity contribution < 1.29 is 54.1 Å². The fourth-order valence-corrected chi connectivity index (χ4v) is 18.8. The topological polar surface area (TPSA) is 216 Å². The van der Waals surface area contributed by atoms with Crippen molar-refractivity contribution in [1.29, 1.82) is 0 Å². The van der Waals surface area contributed by atoms with Gasteiger partial charge < -0.3 is 59.5 Å². The highest BCUT2D eigenvalue weighted by Gasteiger charge is 2.57. The second-order valence-electron chi connectivity index (χ2n) is 29.1. The molecule has 6 bridgehead atoms. The number of esters is 1. The van der Waals surface area contributed by atoms with Crippen molar-refractivity contribution in [2.45, 2.75) is 172 Å². The first kappa shape index (κ1) is 63.9. The number of phenols is 3. The monoisotopic (exact) mass is 1280 g/mol. The molecule has 3 saturated carbocycles. The third kappa shape index (κ3) is 12.3. The number of nitrogens with zero attached hydrogens (tertiary/aromatic N) is 2. The van der Waals surface area contributed by atoms with Gasteiger partial charge in [-0.05, 0) is 189 Å². The molecule has 3 fully saturated rings. The van der Waals surface area contributed by atoms with Crippen LogP contribution in [0, 0.1) is 45.8 Å². The first-order chi connectivity index (χ1) is 46.0. The van der Waals surface area contributed by atoms with Crippen LogP contribution in [-0.2, 0) is 32.0 Å². The number of carbonyl (C=O) groups is 3. The predicted octanol–water partition coefficient (Wildman–Crippen LogP) is 14.8. The minimum atomic E-state index is -0.832. The van der Waals surface area contributed by atoms with Crippen molar-refractivity contribution in [3.63, 3.8) is 0 Å². The van der Waals surface area contributed by atoms with E-state index in [1.54, 1.807) is 24.3 Å². The molecule has 14 rings (SSSR count). The molecule has 0 amide bonds. The number of Topliss-reactive ketones (excluding diaryl/α,β-unsaturated/α-hetero) is 2. The number of aromatic amines is 1. The number of ether oxygens (including phenoxy) is 3. The number of dihydropyridines is 1. The molecule has 15 nitrogen and oxygen atoms in total. The Morgan fingerprint density at radius 2 is 1.72 bits per heavy atom. The Kier molecular flexibility index (Phi) is 17.7. The number of hydrogen-bond donors (Lipinski definition) is 7. The van der Waals surface area contributed by atoms with Gasteiger partial charge in [0.15, 0.2) is 11.5 Å². The maximum Gasteiger partial charge on any atom is 0.302 e. The lowest BCUT2D eigenvalue weighted by atomic mass is 9.61. The zero-order chi connectivity index (χ0) is 65.8. The van der Waals surface area contributed by atoms with Crippen molar-refractivity contribution in [3.05, 3.63) is 172 Å². The number of ketones is 2. The summed E-state index contributed by atoms with van der Waals surface area (Å²) in [5, 5.41) is 63.1. The second-order valence-corrected chi connectivity index (χ2v) is 29.1. The molecule has 6 aromatic rings. The molecule has 0 radical (unpaired) electrons. The number of benzene rings is 4. The SMILES string of the molecule is COc1cc(C2CC(=O)CC(OC(C)=O)CCC34Cc5c[nH]cc5C(C#CCC3=CC=CC4C)C(c3cccc(O)c3)C3=CCNC(=C3)N(CCC(=O)C3CCCC3)c3ccc4c5c(n2cc35)CC2(CCC3(CCC(CCCO)C3)C2)C4O)cc(O)c1Oc1cccc(O)c1. The Labute approximate surface area is 557 Å². The number of aromatic hydroxyl groups is 3. The van der Waals surface area contributed by atoms with E-state index in [4.69, 9.17) is 14.2 Å². The van der Waals surface area contributed by atoms with Crippen LogP contribution in [0.5, 0.6) is 34.5 Å². The maximum absolute atomic E-state index is 15.8. The normalized spacial score (nSPS) is 28.1. The van der Waals surface area contributed by atoms with Gasteiger partial charge in [-0.25, -0.2) is 0 Å². The number of allylic oxidation sites excluding steroid dienone is 6. The van der Waals surface area contributed by atoms with Gasteiger partial charge in [-0.1, -0.05) is 85.7 Å². The fourth-order valence-electron chi connectivity index (χ4n) is 18.8. The minimum Gasteiger partial charge on any atom is -0.508 e. The van der Waals surface area contributed by atoms with Crippen LogP contribution < -0.4 is 19.7 Å². The van der Waals surface area contributed by atoms with Crippen LogP contribution >= 0.6 is 0 Å². The molecule has 8 aliphatic rings. The molecular formula is C80H90N4O11. The van der Waals surface area contributed by atoms with Gasteiger partial charge in [-0.15, -0.1) is 0 Å². The van der Waals surface area contributed by atoms with E-state index in [0.29, 0.717) is 56.7 Å². The van der Waals surface area contributed by atoms with Gasteiger partial charge in [0.25, 0.3) is 0 Å². The van der Waals surface area contributed by atoms with Crippen LogP contribution in [0.25, 0.3) is 10.8 Å². The molecule has 4 heterocycles. The highest BCUT2D eigenvalue weighted by molar-refractivity contribution is 6.00. The highest BCUT2D eigenvalue weighted by Crippen LogP contribution is 2.66. The summed E-state index contributed by atoms with van der Waals surface area (Å²) >= 11 is 0. The number of phenolic OH excluding ortho intramolecular Hbond substituents is 3. The number of hydrogen-bond acceptors (Lipinski definition) is 13. The van der Waals surface area contributed by atoms with Gasteiger partial charge in [0.05, 0.1) is 30.9 Å². The Balaban J connectivity index is 0.994. The van der Waals surface area contributed by atoms with E-state index < -0.39 is 35.0 Å². The summed E-state index contributed by atoms with van der Waals surface area (Å²) in [6.07, 6.45) is 29.7. The van der Waals surface area contributed by atoms with Gasteiger partial charge in [-0.3, -0.25) is 14.4 Å². The number of rotatable bonds is 13. The van der Waals surface area contributed by atoms with Crippen molar-refractivity contribution >= 4 is 34.0 Å². The number of anilines is 1. The van der Waals surface area contributed by atoms with Gasteiger partial charge in [-0.2, -0.15) is 0 Å². The molecule has 15 heteroatoms. The largest absolute Gasteiger partial charge is 0.508 e. The third-order valence-electron chi connectivity index (χ3n) is 23.4. The lowest BCUT2D eigenvalue weighted by Gasteiger charge is -2.43. The van der Waals surface area contributed by atoms with Gasteiger partial charge >= 0.3 is 5.97 Å². The number of aromatic nitrogens is 2. The third-order valence-corrected chi connectivity index (χ3v) is 23.4. The second kappa shape index (κ2) is 26.3. The fraction of sp³-hybridized carbons (Fsp3) is 0.463. The standard InChI is InChI=1S/C80H90N4O11/c1-49-11-6-16-57-17-8-21-63-65-46-81-45-56(65)43-80(49,57)29-25-62(94-50(2)86)40-60(89)41-68(55-36-71(91)76(72(37-55)93-3)95-61-20-9-19-59(88)39-61)84-47-66-67(23-22-64-75(66)69(84)44-79(77(64)92)31-30-78(48-79)28-24-51(42-78)12-10-34-85)83(33-27-70(90)52-13-4-5-14-52)73-38-54(26-32-82-73)74(63)53-15-7-18-58(87)35-53/h6-7,9,11,15-16,18-20,22-23,26,35-39,45-47,49,51-52,62-63,68,74,77,81-82,85,87-88,91-92H,4-5,10,12-14,17,24-25,27-34,40-44,48H2,1-3H3. The minimum absolute atomic E-state index is 0.0166. The molecule has 10 atom stereocenters. The van der Waals surface area contributed by atoms with Gasteiger partial charge in [0.2, 0.25) is 5.75 Å². The van der Waals surface area contributed by atoms with E-state index in [0.717, 1.165) is 133 Å². The van der Waals surface area contributed by atoms with E-state index in [1.807, 2.05) is 18.2 Å². The zero-order valence-corrected chi connectivity index (χ0v) is 55.0. The smallest absolute Gasteiger partial charge is 0.302 e. The molecule has 95 heavy (non-hydrogen) atoms. The zero-order valence-electron chi connectivity index (χ0n) is 55.0. The number of aliphatic hydroxyl groups is 2. The molecular weight excluding hydrogens is 1190 g/mol. The first-order valence-corrected chi connectivity index (χ1v) is 34.8. The molecule has 2 aromatic heterocycles. The maximum atomic E-state index is 15.8. The van der Waals surface area contributed by atoms with Crippen molar-refractivity contribution in [2.75, 3.05) is 31.7 Å². The van der Waals surface area contributed by atoms with Crippen molar-refractivity contribution in [3.8, 4) is 46.3 Å². The first-order valence-electron chi connectivity index (χ1n) is 34.8. The van der Waals surface area contributed by atoms with Crippen LogP contribution in [0.3, 0.4) is 0 Å². The highest BCUT2D eigenvalue weighted by atomic mass is 16.5. The molecule has 6 aliphatic carbocycles. The van der Waals surface area contributed by atoms with E-state index in [1.165, 1.54) is 31.7 Å². The van der Waals surface area contributed by atoms with Crippen LogP contribution in [0.4, 0.5) is 5.69 Å². The molecule has 4 aromatic carbocycles. The number of nitrogens with one attached hydrogen (secondary N) is 2. The van der Waals surface area contributed by atoms with Gasteiger partial charge in [0, 0.05) is 116 Å². The van der Waals surface area contributed by atoms with E-state index in [2.05, 4.69) is 106 Å². The predicted molar refractivity (Wildman–Crippen MR) is 365 cm³/mol. The average Bonchev–Trinajstić information content (AvgIpc) is 1.57. The summed E-state index contributed by atoms with van der Waals surface area (Å²) in [5.74, 6) is 8.05. The van der Waals surface area contributed by atoms with Crippen LogP contribution in [0.15, 0.2) is 139 Å². The number of H-pyrrole nitrogens is 1.